The third kappa shape index (κ3) is 2.82. The fourth-order valence-electron chi connectivity index (χ4n) is 2.25. The zero-order valence-electron chi connectivity index (χ0n) is 11.9. The number of rotatable bonds is 2. The molecule has 0 saturated heterocycles. The third-order valence-electron chi connectivity index (χ3n) is 3.27. The predicted octanol–water partition coefficient (Wildman–Crippen LogP) is 2.70. The Morgan fingerprint density at radius 3 is 2.68 bits per heavy atom. The maximum atomic E-state index is 12.1. The first-order chi connectivity index (χ1) is 10.6. The molecule has 1 heterocycles. The van der Waals surface area contributed by atoms with Crippen LogP contribution in [0.3, 0.4) is 0 Å². The van der Waals surface area contributed by atoms with Crippen molar-refractivity contribution in [2.75, 3.05) is 5.32 Å². The van der Waals surface area contributed by atoms with E-state index in [1.165, 1.54) is 0 Å². The van der Waals surface area contributed by atoms with E-state index < -0.39 is 0 Å². The molecule has 110 valence electrons. The molecule has 0 aliphatic heterocycles. The number of para-hydroxylation sites is 1. The third-order valence-corrected chi connectivity index (χ3v) is 3.48. The summed E-state index contributed by atoms with van der Waals surface area (Å²) in [4.78, 5) is 12.1. The molecule has 0 saturated carbocycles. The van der Waals surface area contributed by atoms with Gasteiger partial charge in [0.15, 0.2) is 5.11 Å². The number of carbonyl (C=O) groups is 1. The van der Waals surface area contributed by atoms with Crippen LogP contribution in [-0.4, -0.2) is 20.8 Å². The molecular formula is C16H14N4OS. The molecule has 1 amide bonds. The van der Waals surface area contributed by atoms with E-state index in [1.54, 1.807) is 23.0 Å². The Morgan fingerprint density at radius 2 is 1.91 bits per heavy atom. The quantitative estimate of drug-likeness (QED) is 0.715. The molecule has 0 radical (unpaired) electrons. The summed E-state index contributed by atoms with van der Waals surface area (Å²) in [6.07, 6.45) is 1.78. The van der Waals surface area contributed by atoms with Crippen LogP contribution in [0.5, 0.6) is 0 Å². The Balaban J connectivity index is 1.76. The van der Waals surface area contributed by atoms with Crippen LogP contribution < -0.4 is 10.6 Å². The van der Waals surface area contributed by atoms with E-state index in [0.717, 1.165) is 16.6 Å². The van der Waals surface area contributed by atoms with Gasteiger partial charge in [0.2, 0.25) is 0 Å². The van der Waals surface area contributed by atoms with Crippen LogP contribution in [0.2, 0.25) is 0 Å². The summed E-state index contributed by atoms with van der Waals surface area (Å²) in [6.45, 7) is 0. The average molecular weight is 310 g/mol. The first kappa shape index (κ1) is 14.2. The number of nitrogens with zero attached hydrogens (tertiary/aromatic N) is 2. The van der Waals surface area contributed by atoms with E-state index in [-0.39, 0.29) is 11.0 Å². The first-order valence-corrected chi connectivity index (χ1v) is 7.14. The molecule has 0 aliphatic carbocycles. The Morgan fingerprint density at radius 1 is 1.14 bits per heavy atom. The number of aryl methyl sites for hydroxylation is 1. The van der Waals surface area contributed by atoms with Gasteiger partial charge in [-0.3, -0.25) is 14.8 Å². The van der Waals surface area contributed by atoms with E-state index in [9.17, 15) is 4.79 Å². The van der Waals surface area contributed by atoms with Crippen molar-refractivity contribution in [3.8, 4) is 0 Å². The van der Waals surface area contributed by atoms with Gasteiger partial charge in [0, 0.05) is 18.0 Å². The summed E-state index contributed by atoms with van der Waals surface area (Å²) in [5.41, 5.74) is 2.29. The maximum Gasteiger partial charge on any atom is 0.257 e. The minimum Gasteiger partial charge on any atom is -0.331 e. The molecule has 0 unspecified atom stereocenters. The molecular weight excluding hydrogens is 296 g/mol. The van der Waals surface area contributed by atoms with Crippen LogP contribution in [0.1, 0.15) is 10.4 Å². The Bertz CT molecular complexity index is 842. The van der Waals surface area contributed by atoms with Gasteiger partial charge in [-0.2, -0.15) is 5.10 Å². The average Bonchev–Trinajstić information content (AvgIpc) is 2.90. The molecule has 1 aromatic heterocycles. The maximum absolute atomic E-state index is 12.1. The van der Waals surface area contributed by atoms with Crippen LogP contribution in [0, 0.1) is 0 Å². The lowest BCUT2D eigenvalue weighted by atomic mass is 10.2. The van der Waals surface area contributed by atoms with Gasteiger partial charge in [-0.05, 0) is 30.4 Å². The highest BCUT2D eigenvalue weighted by Crippen LogP contribution is 2.22. The Kier molecular flexibility index (Phi) is 3.84. The second-order valence-corrected chi connectivity index (χ2v) is 5.19. The lowest BCUT2D eigenvalue weighted by Gasteiger charge is -2.11. The summed E-state index contributed by atoms with van der Waals surface area (Å²) in [5.74, 6) is -0.240. The van der Waals surface area contributed by atoms with E-state index >= 15 is 0 Å². The number of anilines is 1. The number of amides is 1. The summed E-state index contributed by atoms with van der Waals surface area (Å²) >= 11 is 5.22. The van der Waals surface area contributed by atoms with Crippen LogP contribution in [-0.2, 0) is 7.05 Å². The van der Waals surface area contributed by atoms with Crippen molar-refractivity contribution in [3.05, 3.63) is 60.3 Å². The first-order valence-electron chi connectivity index (χ1n) is 6.73. The summed E-state index contributed by atoms with van der Waals surface area (Å²) in [7, 11) is 1.86. The zero-order chi connectivity index (χ0) is 15.5. The summed E-state index contributed by atoms with van der Waals surface area (Å²) in [6, 6.07) is 14.7. The minimum atomic E-state index is -0.240. The van der Waals surface area contributed by atoms with Crippen molar-refractivity contribution in [1.82, 2.24) is 15.1 Å². The molecule has 2 aromatic carbocycles. The van der Waals surface area contributed by atoms with E-state index in [2.05, 4.69) is 15.7 Å². The normalized spacial score (nSPS) is 10.4. The van der Waals surface area contributed by atoms with Crippen LogP contribution in [0.25, 0.3) is 10.9 Å². The van der Waals surface area contributed by atoms with Crippen molar-refractivity contribution >= 4 is 39.8 Å². The standard InChI is InChI=1S/C16H14N4OS/c1-20-14-12(10-17-20)8-5-9-13(14)18-16(22)19-15(21)11-6-3-2-4-7-11/h2-10H,1H3,(H2,18,19,21,22). The monoisotopic (exact) mass is 310 g/mol. The number of nitrogens with one attached hydrogen (secondary N) is 2. The van der Waals surface area contributed by atoms with Gasteiger partial charge in [0.1, 0.15) is 0 Å². The molecule has 0 bridgehead atoms. The molecule has 3 aromatic rings. The Hall–Kier alpha value is -2.73. The highest BCUT2D eigenvalue weighted by atomic mass is 32.1. The van der Waals surface area contributed by atoms with Gasteiger partial charge in [-0.1, -0.05) is 30.3 Å². The van der Waals surface area contributed by atoms with Gasteiger partial charge in [-0.15, -0.1) is 0 Å². The topological polar surface area (TPSA) is 59.0 Å². The van der Waals surface area contributed by atoms with Crippen molar-refractivity contribution in [2.24, 2.45) is 7.05 Å². The molecule has 3 rings (SSSR count). The van der Waals surface area contributed by atoms with E-state index in [4.69, 9.17) is 12.2 Å². The van der Waals surface area contributed by atoms with Gasteiger partial charge in [-0.25, -0.2) is 0 Å². The largest absolute Gasteiger partial charge is 0.331 e. The lowest BCUT2D eigenvalue weighted by Crippen LogP contribution is -2.34. The van der Waals surface area contributed by atoms with Crippen molar-refractivity contribution in [1.29, 1.82) is 0 Å². The van der Waals surface area contributed by atoms with Crippen molar-refractivity contribution in [3.63, 3.8) is 0 Å². The minimum absolute atomic E-state index is 0.240. The SMILES string of the molecule is Cn1ncc2cccc(NC(=S)NC(=O)c3ccccc3)c21. The van der Waals surface area contributed by atoms with Crippen LogP contribution in [0.15, 0.2) is 54.7 Å². The van der Waals surface area contributed by atoms with Crippen molar-refractivity contribution < 1.29 is 4.79 Å². The second-order valence-electron chi connectivity index (χ2n) is 4.79. The molecule has 5 nitrogen and oxygen atoms in total. The lowest BCUT2D eigenvalue weighted by molar-refractivity contribution is 0.0978. The zero-order valence-corrected chi connectivity index (χ0v) is 12.7. The number of thiocarbonyl (C=S) groups is 1. The molecule has 0 atom stereocenters. The van der Waals surface area contributed by atoms with Gasteiger partial charge >= 0.3 is 0 Å². The Labute approximate surface area is 132 Å². The second kappa shape index (κ2) is 5.95. The number of carbonyl (C=O) groups excluding carboxylic acids is 1. The smallest absolute Gasteiger partial charge is 0.257 e. The fourth-order valence-corrected chi connectivity index (χ4v) is 2.46. The number of benzene rings is 2. The van der Waals surface area contributed by atoms with Gasteiger partial charge < -0.3 is 5.32 Å². The molecule has 0 aliphatic rings. The number of fused-ring (bicyclic) bond motifs is 1. The van der Waals surface area contributed by atoms with Gasteiger partial charge in [0.25, 0.3) is 5.91 Å². The molecule has 0 fully saturated rings. The van der Waals surface area contributed by atoms with Crippen LogP contribution >= 0.6 is 12.2 Å². The summed E-state index contributed by atoms with van der Waals surface area (Å²) < 4.78 is 1.76. The van der Waals surface area contributed by atoms with E-state index in [1.807, 2.05) is 43.4 Å². The van der Waals surface area contributed by atoms with E-state index in [0.29, 0.717) is 5.56 Å². The highest BCUT2D eigenvalue weighted by molar-refractivity contribution is 7.80. The molecule has 22 heavy (non-hydrogen) atoms. The number of hydrogen-bond donors (Lipinski definition) is 2. The van der Waals surface area contributed by atoms with Crippen LogP contribution in [0.4, 0.5) is 5.69 Å². The van der Waals surface area contributed by atoms with Crippen molar-refractivity contribution in [2.45, 2.75) is 0 Å². The molecule has 6 heteroatoms. The predicted molar refractivity (Wildman–Crippen MR) is 90.8 cm³/mol. The number of aromatic nitrogens is 2. The summed E-state index contributed by atoms with van der Waals surface area (Å²) in [5, 5.41) is 11.2. The molecule has 0 spiro atoms. The van der Waals surface area contributed by atoms with Gasteiger partial charge in [0.05, 0.1) is 17.4 Å². The fraction of sp³-hybridized carbons (Fsp3) is 0.0625. The number of hydrogen-bond acceptors (Lipinski definition) is 3. The molecule has 2 N–H and O–H groups in total. The highest BCUT2D eigenvalue weighted by Gasteiger charge is 2.10.